The largest absolute Gasteiger partial charge is 0.374 e. The Morgan fingerprint density at radius 2 is 1.17 bits per heavy atom. The Hall–Kier alpha value is -6.04. The first kappa shape index (κ1) is 34.1. The maximum atomic E-state index is 6.67. The van der Waals surface area contributed by atoms with Crippen LogP contribution in [0.25, 0.3) is 33.2 Å². The Morgan fingerprint density at radius 3 is 1.85 bits per heavy atom. The minimum atomic E-state index is -0.322. The van der Waals surface area contributed by atoms with Crippen LogP contribution in [0.3, 0.4) is 0 Å². The molecule has 1 aliphatic rings. The molecule has 7 aromatic rings. The highest BCUT2D eigenvalue weighted by Crippen LogP contribution is 2.35. The van der Waals surface area contributed by atoms with E-state index in [1.807, 2.05) is 24.3 Å². The van der Waals surface area contributed by atoms with Crippen LogP contribution in [-0.2, 0) is 0 Å². The van der Waals surface area contributed by atoms with Gasteiger partial charge < -0.3 is 11.1 Å². The number of nitrogens with one attached hydrogen (secondary N) is 3. The molecule has 0 fully saturated rings. The molecular weight excluding hydrogens is 645 g/mol. The Balaban J connectivity index is 1.06. The Morgan fingerprint density at radius 1 is 0.547 bits per heavy atom. The summed E-state index contributed by atoms with van der Waals surface area (Å²) in [6.07, 6.45) is 4.12. The molecular formula is C49H44N4. The Kier molecular flexibility index (Phi) is 10.1. The first-order valence-corrected chi connectivity index (χ1v) is 18.4. The number of benzene rings is 7. The summed E-state index contributed by atoms with van der Waals surface area (Å²) in [5.41, 5.74) is 18.4. The number of fused-ring (bicyclic) bond motifs is 1. The lowest BCUT2D eigenvalue weighted by molar-refractivity contribution is 0.357. The van der Waals surface area contributed by atoms with E-state index in [1.165, 1.54) is 49.7 Å². The van der Waals surface area contributed by atoms with Gasteiger partial charge in [0, 0.05) is 11.7 Å². The highest BCUT2D eigenvalue weighted by molar-refractivity contribution is 5.97. The molecule has 4 nitrogen and oxygen atoms in total. The van der Waals surface area contributed by atoms with Crippen LogP contribution in [0.2, 0.25) is 0 Å². The van der Waals surface area contributed by atoms with Crippen LogP contribution >= 0.6 is 0 Å². The average molecular weight is 689 g/mol. The van der Waals surface area contributed by atoms with E-state index in [0.717, 1.165) is 16.8 Å². The van der Waals surface area contributed by atoms with Gasteiger partial charge in [-0.25, -0.2) is 0 Å². The first-order chi connectivity index (χ1) is 26.1. The van der Waals surface area contributed by atoms with E-state index in [-0.39, 0.29) is 24.4 Å². The van der Waals surface area contributed by atoms with E-state index in [0.29, 0.717) is 0 Å². The minimum absolute atomic E-state index is 0.0340. The van der Waals surface area contributed by atoms with Crippen molar-refractivity contribution in [3.05, 3.63) is 228 Å². The fourth-order valence-corrected chi connectivity index (χ4v) is 7.26. The van der Waals surface area contributed by atoms with E-state index in [1.54, 1.807) is 0 Å². The van der Waals surface area contributed by atoms with E-state index < -0.39 is 0 Å². The zero-order valence-corrected chi connectivity index (χ0v) is 29.9. The summed E-state index contributed by atoms with van der Waals surface area (Å²) >= 11 is 0. The van der Waals surface area contributed by atoms with Gasteiger partial charge in [-0.15, -0.1) is 0 Å². The monoisotopic (exact) mass is 688 g/mol. The molecule has 4 atom stereocenters. The van der Waals surface area contributed by atoms with Crippen molar-refractivity contribution in [1.82, 2.24) is 16.0 Å². The highest BCUT2D eigenvalue weighted by Gasteiger charge is 2.21. The number of nitrogens with two attached hydrogens (primary N) is 1. The quantitative estimate of drug-likeness (QED) is 0.102. The molecule has 7 aromatic carbocycles. The van der Waals surface area contributed by atoms with E-state index >= 15 is 0 Å². The average Bonchev–Trinajstić information content (AvgIpc) is 3.24. The second-order valence-corrected chi connectivity index (χ2v) is 13.7. The lowest BCUT2D eigenvalue weighted by Gasteiger charge is -2.28. The topological polar surface area (TPSA) is 62.1 Å². The summed E-state index contributed by atoms with van der Waals surface area (Å²) in [5, 5.41) is 13.7. The van der Waals surface area contributed by atoms with Crippen molar-refractivity contribution < 1.29 is 0 Å². The highest BCUT2D eigenvalue weighted by atomic mass is 15.2. The third-order valence-corrected chi connectivity index (χ3v) is 10.2. The van der Waals surface area contributed by atoms with Gasteiger partial charge in [0.15, 0.2) is 0 Å². The predicted octanol–water partition coefficient (Wildman–Crippen LogP) is 10.9. The van der Waals surface area contributed by atoms with Crippen LogP contribution in [0.4, 0.5) is 0 Å². The molecule has 0 spiro atoms. The summed E-state index contributed by atoms with van der Waals surface area (Å²) < 4.78 is 0. The molecule has 260 valence electrons. The molecule has 1 heterocycles. The van der Waals surface area contributed by atoms with Gasteiger partial charge in [-0.1, -0.05) is 176 Å². The Labute approximate surface area is 312 Å². The molecule has 5 N–H and O–H groups in total. The van der Waals surface area contributed by atoms with Crippen LogP contribution < -0.4 is 21.7 Å². The van der Waals surface area contributed by atoms with Crippen molar-refractivity contribution in [2.45, 2.75) is 31.3 Å². The summed E-state index contributed by atoms with van der Waals surface area (Å²) in [4.78, 5) is 0. The first-order valence-electron chi connectivity index (χ1n) is 18.4. The maximum absolute atomic E-state index is 6.67. The molecule has 0 saturated carbocycles. The molecule has 0 bridgehead atoms. The van der Waals surface area contributed by atoms with E-state index in [4.69, 9.17) is 5.73 Å². The van der Waals surface area contributed by atoms with E-state index in [2.05, 4.69) is 193 Å². The predicted molar refractivity (Wildman–Crippen MR) is 221 cm³/mol. The van der Waals surface area contributed by atoms with Gasteiger partial charge >= 0.3 is 0 Å². The standard InChI is InChI=1S/C49H44N4/c1-34(51-49(41-21-12-5-13-22-41)53-48(50)40-19-10-4-11-20-40)42-30-27-36-23-14-24-44(45(36)31-42)37-25-28-39(29-26-37)47-33-43(35-15-6-2-7-16-35)32-46(52-47)38-17-8-3-9-18-38/h2-34,47-49,51-53H,50H2,1H3. The summed E-state index contributed by atoms with van der Waals surface area (Å²) in [5.74, 6) is 0. The van der Waals surface area contributed by atoms with Gasteiger partial charge in [0.05, 0.1) is 18.4 Å². The van der Waals surface area contributed by atoms with Crippen molar-refractivity contribution in [2.75, 3.05) is 0 Å². The third-order valence-electron chi connectivity index (χ3n) is 10.2. The number of allylic oxidation sites excluding steroid dienone is 2. The Bertz CT molecular complexity index is 2330. The van der Waals surface area contributed by atoms with Crippen molar-refractivity contribution >= 4 is 22.0 Å². The zero-order chi connectivity index (χ0) is 36.0. The lowest BCUT2D eigenvalue weighted by atomic mass is 9.91. The number of dihydropyridines is 1. The van der Waals surface area contributed by atoms with Gasteiger partial charge in [0.25, 0.3) is 0 Å². The zero-order valence-electron chi connectivity index (χ0n) is 29.9. The van der Waals surface area contributed by atoms with Crippen LogP contribution in [0.15, 0.2) is 194 Å². The molecule has 0 aromatic heterocycles. The molecule has 0 amide bonds. The normalized spacial score (nSPS) is 15.8. The van der Waals surface area contributed by atoms with Crippen LogP contribution in [0.1, 0.15) is 64.7 Å². The van der Waals surface area contributed by atoms with Crippen molar-refractivity contribution in [2.24, 2.45) is 5.73 Å². The van der Waals surface area contributed by atoms with Crippen molar-refractivity contribution in [1.29, 1.82) is 0 Å². The molecule has 8 rings (SSSR count). The summed E-state index contributed by atoms with van der Waals surface area (Å²) in [6.45, 7) is 2.22. The number of hydrogen-bond acceptors (Lipinski definition) is 4. The van der Waals surface area contributed by atoms with Gasteiger partial charge in [0.2, 0.25) is 0 Å². The minimum Gasteiger partial charge on any atom is -0.374 e. The molecule has 1 aliphatic heterocycles. The smallest absolute Gasteiger partial charge is 0.0854 e. The molecule has 4 unspecified atom stereocenters. The van der Waals surface area contributed by atoms with Crippen LogP contribution in [0, 0.1) is 0 Å². The lowest BCUT2D eigenvalue weighted by Crippen LogP contribution is -2.40. The van der Waals surface area contributed by atoms with Gasteiger partial charge in [-0.3, -0.25) is 10.6 Å². The summed E-state index contributed by atoms with van der Waals surface area (Å²) in [6, 6.07) is 64.4. The number of rotatable bonds is 11. The number of hydrogen-bond donors (Lipinski definition) is 4. The fourth-order valence-electron chi connectivity index (χ4n) is 7.26. The molecule has 4 heteroatoms. The van der Waals surface area contributed by atoms with Crippen LogP contribution in [0.5, 0.6) is 0 Å². The molecule has 0 saturated heterocycles. The summed E-state index contributed by atoms with van der Waals surface area (Å²) in [7, 11) is 0. The van der Waals surface area contributed by atoms with Crippen LogP contribution in [-0.4, -0.2) is 0 Å². The second-order valence-electron chi connectivity index (χ2n) is 13.7. The van der Waals surface area contributed by atoms with E-state index in [9.17, 15) is 0 Å². The fraction of sp³-hybridized carbons (Fsp3) is 0.102. The maximum Gasteiger partial charge on any atom is 0.0854 e. The van der Waals surface area contributed by atoms with Gasteiger partial charge in [-0.2, -0.15) is 0 Å². The SMILES string of the molecule is CC(NC(NC(N)c1ccccc1)c1ccccc1)c1ccc2cccc(-c3ccc(C4C=C(c5ccccc5)C=C(c5ccccc5)N4)cc3)c2c1. The molecule has 53 heavy (non-hydrogen) atoms. The van der Waals surface area contributed by atoms with Crippen molar-refractivity contribution in [3.8, 4) is 11.1 Å². The van der Waals surface area contributed by atoms with Gasteiger partial charge in [0.1, 0.15) is 0 Å². The van der Waals surface area contributed by atoms with Crippen molar-refractivity contribution in [3.63, 3.8) is 0 Å². The second kappa shape index (κ2) is 15.7. The van der Waals surface area contributed by atoms with Gasteiger partial charge in [-0.05, 0) is 86.0 Å². The molecule has 0 radical (unpaired) electrons. The molecule has 0 aliphatic carbocycles. The third kappa shape index (κ3) is 7.76.